The fourth-order valence-corrected chi connectivity index (χ4v) is 2.89. The Morgan fingerprint density at radius 2 is 1.70 bits per heavy atom. The van der Waals surface area contributed by atoms with Crippen LogP contribution in [-0.4, -0.2) is 5.78 Å². The van der Waals surface area contributed by atoms with E-state index >= 15 is 0 Å². The first-order chi connectivity index (χ1) is 9.58. The molecule has 2 aromatic rings. The van der Waals surface area contributed by atoms with Gasteiger partial charge < -0.3 is 0 Å². The van der Waals surface area contributed by atoms with Gasteiger partial charge >= 0.3 is 0 Å². The van der Waals surface area contributed by atoms with Crippen molar-refractivity contribution < 1.29 is 4.79 Å². The summed E-state index contributed by atoms with van der Waals surface area (Å²) in [6.45, 7) is 5.93. The second-order valence-electron chi connectivity index (χ2n) is 5.50. The monoisotopic (exact) mass is 262 g/mol. The number of hydrogen-bond acceptors (Lipinski definition) is 1. The number of carbonyl (C=O) groups is 1. The molecular weight excluding hydrogens is 244 g/mol. The van der Waals surface area contributed by atoms with Crippen LogP contribution in [-0.2, 0) is 0 Å². The van der Waals surface area contributed by atoms with Gasteiger partial charge in [0, 0.05) is 5.56 Å². The Hall–Kier alpha value is -2.15. The average molecular weight is 262 g/mol. The zero-order valence-electron chi connectivity index (χ0n) is 12.2. The van der Waals surface area contributed by atoms with E-state index in [1.54, 1.807) is 6.92 Å². The Labute approximate surface area is 119 Å². The molecule has 3 rings (SSSR count). The highest BCUT2D eigenvalue weighted by atomic mass is 16.1. The first-order valence-corrected chi connectivity index (χ1v) is 6.99. The van der Waals surface area contributed by atoms with Crippen LogP contribution in [0.3, 0.4) is 0 Å². The van der Waals surface area contributed by atoms with E-state index in [1.807, 2.05) is 18.2 Å². The molecule has 0 spiro atoms. The van der Waals surface area contributed by atoms with Crippen molar-refractivity contribution in [2.75, 3.05) is 0 Å². The van der Waals surface area contributed by atoms with Gasteiger partial charge in [0.1, 0.15) is 0 Å². The van der Waals surface area contributed by atoms with E-state index in [1.165, 1.54) is 22.1 Å². The van der Waals surface area contributed by atoms with E-state index in [2.05, 4.69) is 38.1 Å². The highest BCUT2D eigenvalue weighted by molar-refractivity contribution is 6.04. The van der Waals surface area contributed by atoms with Gasteiger partial charge in [0.05, 0.1) is 0 Å². The zero-order chi connectivity index (χ0) is 14.3. The molecule has 1 heteroatoms. The van der Waals surface area contributed by atoms with Crippen molar-refractivity contribution in [3.05, 3.63) is 64.7 Å². The molecule has 1 nitrogen and oxygen atoms in total. The molecule has 0 amide bonds. The van der Waals surface area contributed by atoms with Crippen LogP contribution in [0.1, 0.15) is 43.1 Å². The summed E-state index contributed by atoms with van der Waals surface area (Å²) in [5.41, 5.74) is 5.85. The van der Waals surface area contributed by atoms with Crippen LogP contribution in [0, 0.1) is 0 Å². The minimum atomic E-state index is 0.135. The van der Waals surface area contributed by atoms with Crippen molar-refractivity contribution in [1.29, 1.82) is 0 Å². The number of rotatable bonds is 2. The number of allylic oxidation sites excluding steroid dienone is 4. The maximum absolute atomic E-state index is 12.0. The molecule has 0 bridgehead atoms. The molecule has 0 aliphatic heterocycles. The van der Waals surface area contributed by atoms with Gasteiger partial charge in [0.2, 0.25) is 0 Å². The molecule has 0 N–H and O–H groups in total. The van der Waals surface area contributed by atoms with E-state index in [0.717, 1.165) is 22.9 Å². The Bertz CT molecular complexity index is 775. The normalized spacial score (nSPS) is 14.8. The van der Waals surface area contributed by atoms with Crippen molar-refractivity contribution in [2.24, 2.45) is 0 Å². The Morgan fingerprint density at radius 3 is 2.25 bits per heavy atom. The summed E-state index contributed by atoms with van der Waals surface area (Å²) < 4.78 is 0. The van der Waals surface area contributed by atoms with Crippen molar-refractivity contribution in [1.82, 2.24) is 0 Å². The molecule has 0 aromatic heterocycles. The molecule has 0 unspecified atom stereocenters. The topological polar surface area (TPSA) is 17.1 Å². The molecule has 0 saturated carbocycles. The van der Waals surface area contributed by atoms with Gasteiger partial charge in [-0.25, -0.2) is 0 Å². The van der Waals surface area contributed by atoms with Crippen molar-refractivity contribution in [3.8, 4) is 0 Å². The minimum absolute atomic E-state index is 0.135. The highest BCUT2D eigenvalue weighted by Gasteiger charge is 2.18. The van der Waals surface area contributed by atoms with Crippen molar-refractivity contribution >= 4 is 22.1 Å². The highest BCUT2D eigenvalue weighted by Crippen LogP contribution is 2.36. The van der Waals surface area contributed by atoms with Crippen molar-refractivity contribution in [2.45, 2.75) is 27.2 Å². The predicted molar refractivity (Wildman–Crippen MR) is 84.9 cm³/mol. The van der Waals surface area contributed by atoms with Crippen LogP contribution < -0.4 is 0 Å². The lowest BCUT2D eigenvalue weighted by Gasteiger charge is -2.12. The first kappa shape index (κ1) is 12.9. The molecule has 0 radical (unpaired) electrons. The summed E-state index contributed by atoms with van der Waals surface area (Å²) in [6.07, 6.45) is 3.17. The second-order valence-corrected chi connectivity index (χ2v) is 5.50. The molecule has 1 aliphatic carbocycles. The molecule has 20 heavy (non-hydrogen) atoms. The largest absolute Gasteiger partial charge is 0.294 e. The quantitative estimate of drug-likeness (QED) is 0.683. The van der Waals surface area contributed by atoms with Gasteiger partial charge in [0.15, 0.2) is 5.78 Å². The van der Waals surface area contributed by atoms with Crippen molar-refractivity contribution in [3.63, 3.8) is 0 Å². The number of ketones is 1. The Kier molecular flexibility index (Phi) is 3.06. The number of benzene rings is 2. The van der Waals surface area contributed by atoms with E-state index in [0.29, 0.717) is 0 Å². The SMILES string of the molecule is CC(=O)c1cc2ccccc2cc1C1=C(C)C(C)=CC1. The van der Waals surface area contributed by atoms with Crippen LogP contribution >= 0.6 is 0 Å². The van der Waals surface area contributed by atoms with Gasteiger partial charge in [0.25, 0.3) is 0 Å². The van der Waals surface area contributed by atoms with Crippen LogP contribution in [0.4, 0.5) is 0 Å². The second kappa shape index (κ2) is 4.75. The fourth-order valence-electron chi connectivity index (χ4n) is 2.89. The van der Waals surface area contributed by atoms with E-state index in [-0.39, 0.29) is 5.78 Å². The standard InChI is InChI=1S/C19H18O/c1-12-8-9-17(13(12)2)19-11-16-7-5-4-6-15(16)10-18(19)14(3)20/h4-8,10-11H,9H2,1-3H3. The Balaban J connectivity index is 2.29. The van der Waals surface area contributed by atoms with Crippen LogP contribution in [0.2, 0.25) is 0 Å². The third kappa shape index (κ3) is 2.00. The molecule has 2 aromatic carbocycles. The molecule has 100 valence electrons. The fraction of sp³-hybridized carbons (Fsp3) is 0.211. The number of Topliss-reactive ketones (excluding diaryl/α,β-unsaturated/α-hetero) is 1. The van der Waals surface area contributed by atoms with Gasteiger partial charge in [-0.2, -0.15) is 0 Å². The average Bonchev–Trinajstić information content (AvgIpc) is 2.77. The summed E-state index contributed by atoms with van der Waals surface area (Å²) in [5, 5.41) is 2.32. The van der Waals surface area contributed by atoms with Crippen LogP contribution in [0.25, 0.3) is 16.3 Å². The maximum atomic E-state index is 12.0. The summed E-state index contributed by atoms with van der Waals surface area (Å²) >= 11 is 0. The van der Waals surface area contributed by atoms with E-state index < -0.39 is 0 Å². The third-order valence-corrected chi connectivity index (χ3v) is 4.25. The van der Waals surface area contributed by atoms with Gasteiger partial charge in [-0.15, -0.1) is 0 Å². The zero-order valence-corrected chi connectivity index (χ0v) is 12.2. The molecule has 0 fully saturated rings. The number of carbonyl (C=O) groups excluding carboxylic acids is 1. The summed E-state index contributed by atoms with van der Waals surface area (Å²) in [6, 6.07) is 12.4. The van der Waals surface area contributed by atoms with Gasteiger partial charge in [-0.3, -0.25) is 4.79 Å². The van der Waals surface area contributed by atoms with Crippen LogP contribution in [0.5, 0.6) is 0 Å². The number of hydrogen-bond donors (Lipinski definition) is 0. The van der Waals surface area contributed by atoms with Crippen LogP contribution in [0.15, 0.2) is 53.6 Å². The first-order valence-electron chi connectivity index (χ1n) is 6.99. The summed E-state index contributed by atoms with van der Waals surface area (Å²) in [4.78, 5) is 12.0. The predicted octanol–water partition coefficient (Wildman–Crippen LogP) is 5.17. The minimum Gasteiger partial charge on any atom is -0.294 e. The lowest BCUT2D eigenvalue weighted by molar-refractivity contribution is 0.101. The molecule has 1 aliphatic rings. The van der Waals surface area contributed by atoms with Gasteiger partial charge in [-0.05, 0) is 66.8 Å². The third-order valence-electron chi connectivity index (χ3n) is 4.25. The summed E-state index contributed by atoms with van der Waals surface area (Å²) in [7, 11) is 0. The molecular formula is C19H18O. The number of fused-ring (bicyclic) bond motifs is 1. The lowest BCUT2D eigenvalue weighted by Crippen LogP contribution is -2.00. The maximum Gasteiger partial charge on any atom is 0.160 e. The van der Waals surface area contributed by atoms with E-state index in [9.17, 15) is 4.79 Å². The smallest absolute Gasteiger partial charge is 0.160 e. The summed E-state index contributed by atoms with van der Waals surface area (Å²) in [5.74, 6) is 0.135. The lowest BCUT2D eigenvalue weighted by atomic mass is 9.91. The molecule has 0 heterocycles. The molecule has 0 atom stereocenters. The molecule has 0 saturated heterocycles. The van der Waals surface area contributed by atoms with E-state index in [4.69, 9.17) is 0 Å². The Morgan fingerprint density at radius 1 is 1.05 bits per heavy atom. The van der Waals surface area contributed by atoms with Gasteiger partial charge in [-0.1, -0.05) is 35.9 Å².